The number of hydrogen-bond acceptors (Lipinski definition) is 2. The molecule has 4 heteroatoms. The summed E-state index contributed by atoms with van der Waals surface area (Å²) in [6, 6.07) is 16.6. The number of amides is 1. The predicted octanol–water partition coefficient (Wildman–Crippen LogP) is 4.36. The van der Waals surface area contributed by atoms with Gasteiger partial charge in [-0.05, 0) is 38.2 Å². The van der Waals surface area contributed by atoms with Crippen molar-refractivity contribution in [3.05, 3.63) is 77.0 Å². The quantitative estimate of drug-likeness (QED) is 0.711. The normalized spacial score (nSPS) is 13.6. The fraction of sp³-hybridized carbons (Fsp3) is 0.304. The molecule has 1 saturated carbocycles. The molecule has 0 aliphatic heterocycles. The first kappa shape index (κ1) is 17.5. The van der Waals surface area contributed by atoms with Gasteiger partial charge < -0.3 is 5.32 Å². The average molecular weight is 359 g/mol. The molecule has 1 N–H and O–H groups in total. The highest BCUT2D eigenvalue weighted by Crippen LogP contribution is 2.28. The van der Waals surface area contributed by atoms with Gasteiger partial charge in [0.25, 0.3) is 5.91 Å². The molecule has 1 amide bonds. The van der Waals surface area contributed by atoms with Gasteiger partial charge in [-0.15, -0.1) is 0 Å². The minimum Gasteiger partial charge on any atom is -0.352 e. The molecule has 0 atom stereocenters. The second-order valence-corrected chi connectivity index (χ2v) is 7.59. The fourth-order valence-corrected chi connectivity index (χ4v) is 3.13. The van der Waals surface area contributed by atoms with Crippen molar-refractivity contribution in [3.63, 3.8) is 0 Å². The zero-order chi connectivity index (χ0) is 18.8. The third-order valence-electron chi connectivity index (χ3n) is 5.04. The Morgan fingerprint density at radius 2 is 1.67 bits per heavy atom. The molecule has 2 aromatic carbocycles. The van der Waals surface area contributed by atoms with Crippen molar-refractivity contribution in [1.82, 2.24) is 15.1 Å². The summed E-state index contributed by atoms with van der Waals surface area (Å²) >= 11 is 0. The van der Waals surface area contributed by atoms with Gasteiger partial charge in [-0.2, -0.15) is 5.10 Å². The van der Waals surface area contributed by atoms with Crippen molar-refractivity contribution in [2.75, 3.05) is 6.54 Å². The number of benzene rings is 2. The number of nitrogens with zero attached hydrogens (tertiary/aromatic N) is 2. The molecule has 0 spiro atoms. The lowest BCUT2D eigenvalue weighted by atomic mass is 10.1. The van der Waals surface area contributed by atoms with Crippen LogP contribution in [0.15, 0.2) is 54.7 Å². The van der Waals surface area contributed by atoms with Gasteiger partial charge >= 0.3 is 0 Å². The molecule has 4 rings (SSSR count). The Morgan fingerprint density at radius 3 is 2.30 bits per heavy atom. The summed E-state index contributed by atoms with van der Waals surface area (Å²) in [5, 5.41) is 7.82. The van der Waals surface area contributed by atoms with Crippen LogP contribution in [-0.4, -0.2) is 22.2 Å². The molecular weight excluding hydrogens is 334 g/mol. The maximum Gasteiger partial charge on any atom is 0.255 e. The van der Waals surface area contributed by atoms with Crippen LogP contribution in [0.4, 0.5) is 0 Å². The Bertz CT molecular complexity index is 935. The van der Waals surface area contributed by atoms with Crippen LogP contribution in [0.2, 0.25) is 0 Å². The second-order valence-electron chi connectivity index (χ2n) is 7.59. The highest BCUT2D eigenvalue weighted by molar-refractivity contribution is 5.99. The van der Waals surface area contributed by atoms with Crippen LogP contribution in [-0.2, 0) is 6.54 Å². The van der Waals surface area contributed by atoms with E-state index in [4.69, 9.17) is 5.10 Å². The summed E-state index contributed by atoms with van der Waals surface area (Å²) < 4.78 is 1.87. The van der Waals surface area contributed by atoms with E-state index in [1.807, 2.05) is 23.0 Å². The van der Waals surface area contributed by atoms with Crippen molar-refractivity contribution in [2.45, 2.75) is 33.2 Å². The zero-order valence-electron chi connectivity index (χ0n) is 15.9. The number of carbonyl (C=O) groups excluding carboxylic acids is 1. The van der Waals surface area contributed by atoms with E-state index in [0.29, 0.717) is 18.0 Å². The first-order valence-electron chi connectivity index (χ1n) is 9.57. The average Bonchev–Trinajstić information content (AvgIpc) is 3.41. The van der Waals surface area contributed by atoms with Crippen LogP contribution in [0.25, 0.3) is 11.3 Å². The number of carbonyl (C=O) groups is 1. The number of aryl methyl sites for hydroxylation is 2. The topological polar surface area (TPSA) is 46.9 Å². The van der Waals surface area contributed by atoms with Gasteiger partial charge in [0.2, 0.25) is 0 Å². The molecule has 4 nitrogen and oxygen atoms in total. The predicted molar refractivity (Wildman–Crippen MR) is 108 cm³/mol. The van der Waals surface area contributed by atoms with Gasteiger partial charge in [-0.1, -0.05) is 59.7 Å². The van der Waals surface area contributed by atoms with Gasteiger partial charge in [-0.25, -0.2) is 0 Å². The highest BCUT2D eigenvalue weighted by Gasteiger charge is 2.24. The van der Waals surface area contributed by atoms with E-state index in [9.17, 15) is 4.79 Å². The van der Waals surface area contributed by atoms with Crippen molar-refractivity contribution in [2.24, 2.45) is 5.92 Å². The molecule has 138 valence electrons. The maximum atomic E-state index is 12.8. The van der Waals surface area contributed by atoms with Crippen molar-refractivity contribution in [3.8, 4) is 11.3 Å². The summed E-state index contributed by atoms with van der Waals surface area (Å²) in [6.07, 6.45) is 4.31. The van der Waals surface area contributed by atoms with Gasteiger partial charge in [0.15, 0.2) is 0 Å². The summed E-state index contributed by atoms with van der Waals surface area (Å²) in [5.41, 5.74) is 5.96. The Morgan fingerprint density at radius 1 is 1.04 bits per heavy atom. The van der Waals surface area contributed by atoms with Crippen LogP contribution in [0.3, 0.4) is 0 Å². The lowest BCUT2D eigenvalue weighted by Gasteiger charge is -2.04. The molecular formula is C23H25N3O. The van der Waals surface area contributed by atoms with E-state index in [2.05, 4.69) is 55.6 Å². The molecule has 1 aromatic heterocycles. The van der Waals surface area contributed by atoms with E-state index in [0.717, 1.165) is 17.8 Å². The second kappa shape index (κ2) is 7.39. The SMILES string of the molecule is Cc1ccc(Cn2cc(C(=O)NCC3CC3)c(-c3ccc(C)cc3)n2)cc1. The number of aromatic nitrogens is 2. The van der Waals surface area contributed by atoms with Crippen LogP contribution >= 0.6 is 0 Å². The van der Waals surface area contributed by atoms with Crippen LogP contribution in [0, 0.1) is 19.8 Å². The summed E-state index contributed by atoms with van der Waals surface area (Å²) in [7, 11) is 0. The molecule has 3 aromatic rings. The standard InChI is InChI=1S/C23H25N3O/c1-16-3-7-19(8-4-16)14-26-15-21(23(27)24-13-18-9-10-18)22(25-26)20-11-5-17(2)6-12-20/h3-8,11-12,15,18H,9-10,13-14H2,1-2H3,(H,24,27). The van der Waals surface area contributed by atoms with E-state index in [1.54, 1.807) is 0 Å². The fourth-order valence-electron chi connectivity index (χ4n) is 3.13. The van der Waals surface area contributed by atoms with E-state index in [1.165, 1.54) is 29.5 Å². The van der Waals surface area contributed by atoms with Gasteiger partial charge in [0.05, 0.1) is 12.1 Å². The van der Waals surface area contributed by atoms with Crippen LogP contribution in [0.1, 0.15) is 39.9 Å². The van der Waals surface area contributed by atoms with E-state index in [-0.39, 0.29) is 5.91 Å². The van der Waals surface area contributed by atoms with Crippen LogP contribution < -0.4 is 5.32 Å². The van der Waals surface area contributed by atoms with Crippen molar-refractivity contribution >= 4 is 5.91 Å². The van der Waals surface area contributed by atoms with Crippen LogP contribution in [0.5, 0.6) is 0 Å². The molecule has 0 bridgehead atoms. The molecule has 1 aliphatic rings. The molecule has 0 unspecified atom stereocenters. The van der Waals surface area contributed by atoms with Gasteiger partial charge in [-0.3, -0.25) is 9.48 Å². The van der Waals surface area contributed by atoms with Crippen molar-refractivity contribution < 1.29 is 4.79 Å². The zero-order valence-corrected chi connectivity index (χ0v) is 15.9. The number of nitrogens with one attached hydrogen (secondary N) is 1. The third kappa shape index (κ3) is 4.27. The van der Waals surface area contributed by atoms with Crippen molar-refractivity contribution in [1.29, 1.82) is 0 Å². The Labute approximate surface area is 160 Å². The summed E-state index contributed by atoms with van der Waals surface area (Å²) in [6.45, 7) is 5.54. The Kier molecular flexibility index (Phi) is 4.80. The largest absolute Gasteiger partial charge is 0.352 e. The smallest absolute Gasteiger partial charge is 0.255 e. The van der Waals surface area contributed by atoms with E-state index >= 15 is 0 Å². The van der Waals surface area contributed by atoms with E-state index < -0.39 is 0 Å². The molecule has 1 aliphatic carbocycles. The Balaban J connectivity index is 1.63. The molecule has 1 fully saturated rings. The highest BCUT2D eigenvalue weighted by atomic mass is 16.1. The minimum atomic E-state index is -0.0346. The minimum absolute atomic E-state index is 0.0346. The maximum absolute atomic E-state index is 12.8. The molecule has 27 heavy (non-hydrogen) atoms. The lowest BCUT2D eigenvalue weighted by Crippen LogP contribution is -2.25. The molecule has 0 radical (unpaired) electrons. The van der Waals surface area contributed by atoms with Gasteiger partial charge in [0, 0.05) is 18.3 Å². The molecule has 1 heterocycles. The number of hydrogen-bond donors (Lipinski definition) is 1. The van der Waals surface area contributed by atoms with Gasteiger partial charge in [0.1, 0.15) is 5.69 Å². The number of rotatable bonds is 6. The first-order valence-corrected chi connectivity index (χ1v) is 9.57. The summed E-state index contributed by atoms with van der Waals surface area (Å²) in [4.78, 5) is 12.8. The third-order valence-corrected chi connectivity index (χ3v) is 5.04. The monoisotopic (exact) mass is 359 g/mol. The summed E-state index contributed by atoms with van der Waals surface area (Å²) in [5.74, 6) is 0.618. The Hall–Kier alpha value is -2.88. The lowest BCUT2D eigenvalue weighted by molar-refractivity contribution is 0.0952. The molecule has 0 saturated heterocycles. The first-order chi connectivity index (χ1) is 13.1.